The summed E-state index contributed by atoms with van der Waals surface area (Å²) >= 11 is 0. The molecule has 278 valence electrons. The molecule has 0 aliphatic rings. The molecule has 4 aromatic carbocycles. The Labute approximate surface area is 310 Å². The first kappa shape index (κ1) is 39.5. The number of nitrogens with zero attached hydrogens (tertiary/aromatic N) is 5. The topological polar surface area (TPSA) is 189 Å². The van der Waals surface area contributed by atoms with Crippen LogP contribution in [0.5, 0.6) is 0 Å². The maximum absolute atomic E-state index is 14.2. The molecule has 0 fully saturated rings. The molecule has 0 spiro atoms. The molecule has 6 N–H and O–H groups in total. The number of rotatable bonds is 19. The summed E-state index contributed by atoms with van der Waals surface area (Å²) in [5.41, 5.74) is 19.0. The van der Waals surface area contributed by atoms with Crippen molar-refractivity contribution in [1.29, 1.82) is 0 Å². The number of amides is 5. The minimum Gasteiger partial charge on any atom is -0.370 e. The fourth-order valence-corrected chi connectivity index (χ4v) is 5.88. The Hall–Kier alpha value is -6.24. The first-order valence-electron chi connectivity index (χ1n) is 17.5. The predicted octanol–water partition coefficient (Wildman–Crippen LogP) is 2.61. The first-order valence-corrected chi connectivity index (χ1v) is 17.5. The van der Waals surface area contributed by atoms with Crippen LogP contribution in [0.25, 0.3) is 10.8 Å². The number of carbonyl (C=O) groups is 5. The Morgan fingerprint density at radius 2 is 1.06 bits per heavy atom. The largest absolute Gasteiger partial charge is 0.370 e. The van der Waals surface area contributed by atoms with Gasteiger partial charge in [0.25, 0.3) is 0 Å². The molecule has 0 atom stereocenters. The highest BCUT2D eigenvalue weighted by molar-refractivity contribution is 5.92. The molecule has 4 aromatic rings. The number of guanidine groups is 1. The summed E-state index contributed by atoms with van der Waals surface area (Å²) in [6.07, 6.45) is 0.980. The van der Waals surface area contributed by atoms with Crippen molar-refractivity contribution in [2.24, 2.45) is 22.2 Å². The monoisotopic (exact) mass is 720 g/mol. The fourth-order valence-electron chi connectivity index (χ4n) is 5.88. The summed E-state index contributed by atoms with van der Waals surface area (Å²) in [6.45, 7) is 0.977. The normalized spacial score (nSPS) is 10.7. The van der Waals surface area contributed by atoms with Gasteiger partial charge in [-0.2, -0.15) is 0 Å². The molecule has 13 heteroatoms. The third kappa shape index (κ3) is 12.8. The lowest BCUT2D eigenvalue weighted by Gasteiger charge is -2.31. The van der Waals surface area contributed by atoms with Gasteiger partial charge >= 0.3 is 0 Å². The van der Waals surface area contributed by atoms with E-state index in [1.807, 2.05) is 103 Å². The summed E-state index contributed by atoms with van der Waals surface area (Å²) < 4.78 is 0. The van der Waals surface area contributed by atoms with Crippen LogP contribution in [0, 0.1) is 0 Å². The SMILES string of the molecule is CC(=O)N(CC(=O)N(CC(=O)N(CCCCN=C(N)N)CC(=O)N(CC(N)=O)Cc1cccc2ccccc12)Cc1ccccc1)Cc1ccccc1. The lowest BCUT2D eigenvalue weighted by molar-refractivity contribution is -0.147. The molecule has 0 radical (unpaired) electrons. The highest BCUT2D eigenvalue weighted by atomic mass is 16.2. The van der Waals surface area contributed by atoms with Crippen LogP contribution in [0.4, 0.5) is 0 Å². The minimum absolute atomic E-state index is 0.0504. The van der Waals surface area contributed by atoms with E-state index in [1.54, 1.807) is 0 Å². The Kier molecular flexibility index (Phi) is 14.9. The molecule has 13 nitrogen and oxygen atoms in total. The summed E-state index contributed by atoms with van der Waals surface area (Å²) in [6, 6.07) is 32.0. The second-order valence-corrected chi connectivity index (χ2v) is 12.8. The number of nitrogens with two attached hydrogens (primary N) is 3. The van der Waals surface area contributed by atoms with E-state index in [-0.39, 0.29) is 64.2 Å². The van der Waals surface area contributed by atoms with Crippen molar-refractivity contribution in [2.45, 2.75) is 39.4 Å². The van der Waals surface area contributed by atoms with Gasteiger partial charge in [-0.05, 0) is 40.3 Å². The van der Waals surface area contributed by atoms with Gasteiger partial charge in [0.2, 0.25) is 29.5 Å². The number of primary amides is 1. The average molecular weight is 721 g/mol. The van der Waals surface area contributed by atoms with Gasteiger partial charge in [-0.25, -0.2) is 0 Å². The molecule has 0 aliphatic heterocycles. The highest BCUT2D eigenvalue weighted by Crippen LogP contribution is 2.20. The second kappa shape index (κ2) is 20.0. The minimum atomic E-state index is -0.696. The number of benzene rings is 4. The number of hydrogen-bond acceptors (Lipinski definition) is 6. The van der Waals surface area contributed by atoms with Crippen LogP contribution in [0.2, 0.25) is 0 Å². The van der Waals surface area contributed by atoms with Crippen molar-refractivity contribution >= 4 is 46.3 Å². The standard InChI is InChI=1S/C40H48N8O5/c1-30(49)46(23-31-13-4-2-5-14-31)28-39(53)47(24-32-15-6-3-7-16-32)29-37(51)45(22-11-10-21-44-40(42)43)27-38(52)48(26-36(41)50)25-34-19-12-18-33-17-8-9-20-35(33)34/h2-9,12-20H,10-11,21-29H2,1H3,(H2,41,50)(H4,42,43,44). The van der Waals surface area contributed by atoms with E-state index in [4.69, 9.17) is 17.2 Å². The van der Waals surface area contributed by atoms with Crippen molar-refractivity contribution in [3.63, 3.8) is 0 Å². The zero-order valence-electron chi connectivity index (χ0n) is 30.1. The molecule has 4 rings (SSSR count). The van der Waals surface area contributed by atoms with Crippen molar-refractivity contribution in [3.05, 3.63) is 120 Å². The molecule has 0 aromatic heterocycles. The highest BCUT2D eigenvalue weighted by Gasteiger charge is 2.27. The van der Waals surface area contributed by atoms with Crippen LogP contribution in [0.3, 0.4) is 0 Å². The summed E-state index contributed by atoms with van der Waals surface area (Å²) in [5, 5.41) is 1.90. The Balaban J connectivity index is 1.58. The van der Waals surface area contributed by atoms with Crippen molar-refractivity contribution in [3.8, 4) is 0 Å². The lowest BCUT2D eigenvalue weighted by Crippen LogP contribution is -2.50. The molecule has 0 heterocycles. The predicted molar refractivity (Wildman–Crippen MR) is 204 cm³/mol. The van der Waals surface area contributed by atoms with Crippen molar-refractivity contribution < 1.29 is 24.0 Å². The summed E-state index contributed by atoms with van der Waals surface area (Å²) in [4.78, 5) is 76.4. The smallest absolute Gasteiger partial charge is 0.242 e. The first-order chi connectivity index (χ1) is 25.5. The molecule has 0 saturated heterocycles. The van der Waals surface area contributed by atoms with Gasteiger partial charge in [0, 0.05) is 39.6 Å². The van der Waals surface area contributed by atoms with Gasteiger partial charge in [0.05, 0.1) is 13.1 Å². The van der Waals surface area contributed by atoms with E-state index in [0.29, 0.717) is 19.4 Å². The maximum Gasteiger partial charge on any atom is 0.242 e. The Bertz CT molecular complexity index is 1880. The van der Waals surface area contributed by atoms with E-state index < -0.39 is 23.6 Å². The van der Waals surface area contributed by atoms with Crippen LogP contribution in [-0.4, -0.2) is 94.4 Å². The number of carbonyl (C=O) groups excluding carboxylic acids is 5. The number of fused-ring (bicyclic) bond motifs is 1. The quantitative estimate of drug-likeness (QED) is 0.0754. The molecule has 53 heavy (non-hydrogen) atoms. The van der Waals surface area contributed by atoms with E-state index >= 15 is 0 Å². The van der Waals surface area contributed by atoms with E-state index in [9.17, 15) is 24.0 Å². The molecular formula is C40H48N8O5. The molecule has 0 unspecified atom stereocenters. The maximum atomic E-state index is 14.2. The molecular weight excluding hydrogens is 672 g/mol. The van der Waals surface area contributed by atoms with Gasteiger partial charge < -0.3 is 36.8 Å². The fraction of sp³-hybridized carbons (Fsp3) is 0.300. The Morgan fingerprint density at radius 1 is 0.547 bits per heavy atom. The lowest BCUT2D eigenvalue weighted by atomic mass is 10.0. The van der Waals surface area contributed by atoms with Gasteiger partial charge in [-0.15, -0.1) is 0 Å². The van der Waals surface area contributed by atoms with Gasteiger partial charge in [-0.1, -0.05) is 103 Å². The van der Waals surface area contributed by atoms with Crippen LogP contribution < -0.4 is 17.2 Å². The number of unbranched alkanes of at least 4 members (excludes halogenated alkanes) is 1. The number of aliphatic imine (C=N–C) groups is 1. The second-order valence-electron chi connectivity index (χ2n) is 12.8. The molecule has 0 aliphatic carbocycles. The van der Waals surface area contributed by atoms with E-state index in [2.05, 4.69) is 4.99 Å². The number of hydrogen-bond donors (Lipinski definition) is 3. The zero-order chi connectivity index (χ0) is 38.2. The van der Waals surface area contributed by atoms with Gasteiger partial charge in [-0.3, -0.25) is 29.0 Å². The summed E-state index contributed by atoms with van der Waals surface area (Å²) in [5.74, 6) is -2.43. The summed E-state index contributed by atoms with van der Waals surface area (Å²) in [7, 11) is 0. The Morgan fingerprint density at radius 3 is 1.66 bits per heavy atom. The average Bonchev–Trinajstić information content (AvgIpc) is 3.13. The van der Waals surface area contributed by atoms with Crippen LogP contribution in [-0.2, 0) is 43.6 Å². The van der Waals surface area contributed by atoms with E-state index in [0.717, 1.165) is 27.5 Å². The van der Waals surface area contributed by atoms with E-state index in [1.165, 1.54) is 26.5 Å². The third-order valence-electron chi connectivity index (χ3n) is 8.63. The molecule has 0 saturated carbocycles. The van der Waals surface area contributed by atoms with Crippen LogP contribution in [0.15, 0.2) is 108 Å². The van der Waals surface area contributed by atoms with Gasteiger partial charge in [0.15, 0.2) is 5.96 Å². The molecule has 0 bridgehead atoms. The van der Waals surface area contributed by atoms with Crippen molar-refractivity contribution in [1.82, 2.24) is 19.6 Å². The third-order valence-corrected chi connectivity index (χ3v) is 8.63. The van der Waals surface area contributed by atoms with Crippen LogP contribution in [0.1, 0.15) is 36.5 Å². The molecule has 5 amide bonds. The van der Waals surface area contributed by atoms with Crippen LogP contribution >= 0.6 is 0 Å². The van der Waals surface area contributed by atoms with Crippen molar-refractivity contribution in [2.75, 3.05) is 39.3 Å². The van der Waals surface area contributed by atoms with Gasteiger partial charge in [0.1, 0.15) is 13.1 Å². The zero-order valence-corrected chi connectivity index (χ0v) is 30.1.